The smallest absolute Gasteiger partial charge is 0.261 e. The SMILES string of the molecule is CC(=O)Nc1cccc(NS(=O)(=O)c2ccc(C3CCCCC3)cc2)c1. The number of anilines is 2. The van der Waals surface area contributed by atoms with Crippen molar-refractivity contribution in [2.75, 3.05) is 10.0 Å². The van der Waals surface area contributed by atoms with Crippen LogP contribution < -0.4 is 10.0 Å². The molecule has 2 aromatic carbocycles. The number of carbonyl (C=O) groups is 1. The van der Waals surface area contributed by atoms with Crippen molar-refractivity contribution in [3.63, 3.8) is 0 Å². The van der Waals surface area contributed by atoms with Gasteiger partial charge in [0, 0.05) is 12.6 Å². The predicted octanol–water partition coefficient (Wildman–Crippen LogP) is 4.49. The van der Waals surface area contributed by atoms with Crippen LogP contribution in [-0.4, -0.2) is 14.3 Å². The summed E-state index contributed by atoms with van der Waals surface area (Å²) >= 11 is 0. The molecule has 0 unspecified atom stereocenters. The molecule has 3 rings (SSSR count). The molecule has 0 saturated heterocycles. The zero-order valence-electron chi connectivity index (χ0n) is 14.9. The molecule has 138 valence electrons. The molecule has 1 aliphatic rings. The van der Waals surface area contributed by atoms with Crippen molar-refractivity contribution in [1.29, 1.82) is 0 Å². The van der Waals surface area contributed by atoms with E-state index in [-0.39, 0.29) is 10.8 Å². The number of benzene rings is 2. The van der Waals surface area contributed by atoms with Crippen LogP contribution in [0.25, 0.3) is 0 Å². The van der Waals surface area contributed by atoms with Gasteiger partial charge in [0.25, 0.3) is 10.0 Å². The second-order valence-corrected chi connectivity index (χ2v) is 8.45. The molecule has 26 heavy (non-hydrogen) atoms. The van der Waals surface area contributed by atoms with Gasteiger partial charge in [-0.3, -0.25) is 9.52 Å². The summed E-state index contributed by atoms with van der Waals surface area (Å²) in [7, 11) is -3.67. The van der Waals surface area contributed by atoms with Crippen molar-refractivity contribution in [3.8, 4) is 0 Å². The number of sulfonamides is 1. The zero-order chi connectivity index (χ0) is 18.6. The van der Waals surface area contributed by atoms with E-state index >= 15 is 0 Å². The number of hydrogen-bond acceptors (Lipinski definition) is 3. The largest absolute Gasteiger partial charge is 0.326 e. The lowest BCUT2D eigenvalue weighted by atomic mass is 9.84. The third-order valence-corrected chi connectivity index (χ3v) is 6.10. The van der Waals surface area contributed by atoms with Crippen LogP contribution in [-0.2, 0) is 14.8 Å². The number of rotatable bonds is 5. The second kappa shape index (κ2) is 7.91. The lowest BCUT2D eigenvalue weighted by molar-refractivity contribution is -0.114. The molecule has 1 amide bonds. The van der Waals surface area contributed by atoms with E-state index in [1.165, 1.54) is 44.6 Å². The summed E-state index contributed by atoms with van der Waals surface area (Å²) < 4.78 is 27.8. The topological polar surface area (TPSA) is 75.3 Å². The maximum Gasteiger partial charge on any atom is 0.261 e. The highest BCUT2D eigenvalue weighted by Gasteiger charge is 2.18. The Labute approximate surface area is 154 Å². The quantitative estimate of drug-likeness (QED) is 0.812. The number of carbonyl (C=O) groups excluding carboxylic acids is 1. The predicted molar refractivity (Wildman–Crippen MR) is 104 cm³/mol. The van der Waals surface area contributed by atoms with E-state index in [0.717, 1.165) is 0 Å². The van der Waals surface area contributed by atoms with Crippen molar-refractivity contribution < 1.29 is 13.2 Å². The maximum absolute atomic E-state index is 12.6. The van der Waals surface area contributed by atoms with Crippen LogP contribution in [0.1, 0.15) is 50.5 Å². The number of hydrogen-bond donors (Lipinski definition) is 2. The van der Waals surface area contributed by atoms with Crippen LogP contribution in [0.3, 0.4) is 0 Å². The van der Waals surface area contributed by atoms with E-state index in [1.54, 1.807) is 36.4 Å². The minimum atomic E-state index is -3.67. The summed E-state index contributed by atoms with van der Waals surface area (Å²) in [6.45, 7) is 1.41. The van der Waals surface area contributed by atoms with Gasteiger partial charge in [0.1, 0.15) is 0 Å². The Bertz CT molecular complexity index is 870. The maximum atomic E-state index is 12.6. The fourth-order valence-electron chi connectivity index (χ4n) is 3.43. The van der Waals surface area contributed by atoms with Gasteiger partial charge in [-0.2, -0.15) is 0 Å². The molecule has 0 spiro atoms. The molecule has 6 heteroatoms. The number of nitrogens with one attached hydrogen (secondary N) is 2. The van der Waals surface area contributed by atoms with Crippen molar-refractivity contribution in [2.24, 2.45) is 0 Å². The Kier molecular flexibility index (Phi) is 5.61. The van der Waals surface area contributed by atoms with Crippen molar-refractivity contribution >= 4 is 27.3 Å². The molecule has 1 fully saturated rings. The minimum absolute atomic E-state index is 0.205. The second-order valence-electron chi connectivity index (χ2n) is 6.77. The summed E-state index contributed by atoms with van der Waals surface area (Å²) in [5.74, 6) is 0.339. The molecule has 1 saturated carbocycles. The third kappa shape index (κ3) is 4.64. The molecule has 1 aliphatic carbocycles. The molecule has 0 aliphatic heterocycles. The standard InChI is InChI=1S/C20H24N2O3S/c1-15(23)21-18-8-5-9-19(14-18)22-26(24,25)20-12-10-17(11-13-20)16-6-3-2-4-7-16/h5,8-14,16,22H,2-4,6-7H2,1H3,(H,21,23). The molecular formula is C20H24N2O3S. The van der Waals surface area contributed by atoms with Crippen LogP contribution in [0.5, 0.6) is 0 Å². The first kappa shape index (κ1) is 18.5. The van der Waals surface area contributed by atoms with E-state index in [4.69, 9.17) is 0 Å². The van der Waals surface area contributed by atoms with Gasteiger partial charge in [-0.05, 0) is 54.7 Å². The van der Waals surface area contributed by atoms with Gasteiger partial charge in [0.05, 0.1) is 10.6 Å². The average Bonchev–Trinajstić information content (AvgIpc) is 2.62. The van der Waals surface area contributed by atoms with Crippen molar-refractivity contribution in [2.45, 2.75) is 49.8 Å². The summed E-state index contributed by atoms with van der Waals surface area (Å²) in [5, 5.41) is 2.64. The van der Waals surface area contributed by atoms with Crippen LogP contribution in [0.15, 0.2) is 53.4 Å². The molecule has 0 atom stereocenters. The monoisotopic (exact) mass is 372 g/mol. The van der Waals surface area contributed by atoms with Gasteiger partial charge in [-0.25, -0.2) is 8.42 Å². The molecule has 0 bridgehead atoms. The summed E-state index contributed by atoms with van der Waals surface area (Å²) in [5.41, 5.74) is 2.18. The summed E-state index contributed by atoms with van der Waals surface area (Å²) in [4.78, 5) is 11.4. The third-order valence-electron chi connectivity index (χ3n) is 4.70. The molecular weight excluding hydrogens is 348 g/mol. The normalized spacial score (nSPS) is 15.4. The Morgan fingerprint density at radius 1 is 0.962 bits per heavy atom. The lowest BCUT2D eigenvalue weighted by Crippen LogP contribution is -2.14. The molecule has 0 aromatic heterocycles. The first-order valence-corrected chi connectivity index (χ1v) is 10.4. The van der Waals surface area contributed by atoms with E-state index in [9.17, 15) is 13.2 Å². The van der Waals surface area contributed by atoms with E-state index in [1.807, 2.05) is 12.1 Å². The van der Waals surface area contributed by atoms with Gasteiger partial charge in [0.2, 0.25) is 5.91 Å². The van der Waals surface area contributed by atoms with Crippen LogP contribution in [0.4, 0.5) is 11.4 Å². The minimum Gasteiger partial charge on any atom is -0.326 e. The zero-order valence-corrected chi connectivity index (χ0v) is 15.7. The van der Waals surface area contributed by atoms with Gasteiger partial charge >= 0.3 is 0 Å². The molecule has 2 N–H and O–H groups in total. The Morgan fingerprint density at radius 2 is 1.62 bits per heavy atom. The van der Waals surface area contributed by atoms with Crippen molar-refractivity contribution in [1.82, 2.24) is 0 Å². The van der Waals surface area contributed by atoms with Gasteiger partial charge in [-0.1, -0.05) is 37.5 Å². The van der Waals surface area contributed by atoms with Crippen LogP contribution in [0, 0.1) is 0 Å². The van der Waals surface area contributed by atoms with Gasteiger partial charge in [0.15, 0.2) is 0 Å². The summed E-state index contributed by atoms with van der Waals surface area (Å²) in [6.07, 6.45) is 6.15. The van der Waals surface area contributed by atoms with Crippen LogP contribution >= 0.6 is 0 Å². The Balaban J connectivity index is 1.74. The van der Waals surface area contributed by atoms with E-state index in [2.05, 4.69) is 10.0 Å². The first-order chi connectivity index (χ1) is 12.4. The Hall–Kier alpha value is -2.34. The average molecular weight is 372 g/mol. The fraction of sp³-hybridized carbons (Fsp3) is 0.350. The van der Waals surface area contributed by atoms with Crippen LogP contribution in [0.2, 0.25) is 0 Å². The number of amides is 1. The van der Waals surface area contributed by atoms with E-state index in [0.29, 0.717) is 17.3 Å². The Morgan fingerprint density at radius 3 is 2.27 bits per heavy atom. The highest BCUT2D eigenvalue weighted by atomic mass is 32.2. The first-order valence-electron chi connectivity index (χ1n) is 8.94. The molecule has 2 aromatic rings. The van der Waals surface area contributed by atoms with Gasteiger partial charge < -0.3 is 5.32 Å². The van der Waals surface area contributed by atoms with E-state index < -0.39 is 10.0 Å². The lowest BCUT2D eigenvalue weighted by Gasteiger charge is -2.22. The van der Waals surface area contributed by atoms with Gasteiger partial charge in [-0.15, -0.1) is 0 Å². The molecule has 0 radical (unpaired) electrons. The summed E-state index contributed by atoms with van der Waals surface area (Å²) in [6, 6.07) is 13.8. The fourth-order valence-corrected chi connectivity index (χ4v) is 4.48. The molecule has 0 heterocycles. The highest BCUT2D eigenvalue weighted by Crippen LogP contribution is 2.33. The molecule has 5 nitrogen and oxygen atoms in total. The highest BCUT2D eigenvalue weighted by molar-refractivity contribution is 7.92. The van der Waals surface area contributed by atoms with Crippen molar-refractivity contribution in [3.05, 3.63) is 54.1 Å².